The van der Waals surface area contributed by atoms with E-state index in [4.69, 9.17) is 5.73 Å². The highest BCUT2D eigenvalue weighted by Gasteiger charge is 2.16. The van der Waals surface area contributed by atoms with E-state index >= 15 is 0 Å². The summed E-state index contributed by atoms with van der Waals surface area (Å²) in [5, 5.41) is 0. The van der Waals surface area contributed by atoms with Crippen LogP contribution in [0.2, 0.25) is 0 Å². The smallest absolute Gasteiger partial charge is 0.221 e. The highest BCUT2D eigenvalue weighted by atomic mass is 19.1. The lowest BCUT2D eigenvalue weighted by atomic mass is 10.1. The predicted octanol–water partition coefficient (Wildman–Crippen LogP) is 3.53. The molecule has 3 rings (SSSR count). The number of rotatable bonds is 2. The van der Waals surface area contributed by atoms with Crippen molar-refractivity contribution in [3.63, 3.8) is 0 Å². The van der Waals surface area contributed by atoms with Crippen LogP contribution in [-0.2, 0) is 0 Å². The number of benzene rings is 2. The lowest BCUT2D eigenvalue weighted by Crippen LogP contribution is -2.03. The number of nitrogen functional groups attached to an aromatic ring is 1. The maximum Gasteiger partial charge on any atom is 0.221 e. The third-order valence-electron chi connectivity index (χ3n) is 2.96. The first-order valence-corrected chi connectivity index (χ1v) is 6.19. The molecule has 3 nitrogen and oxygen atoms in total. The third kappa shape index (κ3) is 2.23. The van der Waals surface area contributed by atoms with Gasteiger partial charge in [0.2, 0.25) is 5.95 Å². The Balaban J connectivity index is 2.22. The van der Waals surface area contributed by atoms with Crippen LogP contribution in [-0.4, -0.2) is 9.97 Å². The molecule has 3 aromatic rings. The molecule has 20 heavy (non-hydrogen) atoms. The van der Waals surface area contributed by atoms with Gasteiger partial charge in [0.25, 0.3) is 0 Å². The third-order valence-corrected chi connectivity index (χ3v) is 2.96. The van der Waals surface area contributed by atoms with Gasteiger partial charge in [-0.1, -0.05) is 60.7 Å². The molecule has 0 bridgehead atoms. The Morgan fingerprint density at radius 2 is 1.10 bits per heavy atom. The molecule has 2 N–H and O–H groups in total. The number of aromatic nitrogens is 2. The molecule has 2 aromatic carbocycles. The first-order valence-electron chi connectivity index (χ1n) is 6.19. The monoisotopic (exact) mass is 265 g/mol. The van der Waals surface area contributed by atoms with Gasteiger partial charge in [-0.25, -0.2) is 14.4 Å². The van der Waals surface area contributed by atoms with Crippen LogP contribution in [0.1, 0.15) is 0 Å². The van der Waals surface area contributed by atoms with E-state index in [0.29, 0.717) is 11.1 Å². The van der Waals surface area contributed by atoms with E-state index in [9.17, 15) is 4.39 Å². The van der Waals surface area contributed by atoms with Crippen molar-refractivity contribution in [1.82, 2.24) is 9.97 Å². The standard InChI is InChI=1S/C16H12FN3/c17-13-14(11-7-3-1-4-8-11)19-16(18)20-15(13)12-9-5-2-6-10-12/h1-10H,(H2,18,19,20). The SMILES string of the molecule is Nc1nc(-c2ccccc2)c(F)c(-c2ccccc2)n1. The molecular weight excluding hydrogens is 253 g/mol. The molecule has 0 fully saturated rings. The number of nitrogens with two attached hydrogens (primary N) is 1. The van der Waals surface area contributed by atoms with Crippen molar-refractivity contribution in [2.45, 2.75) is 0 Å². The minimum Gasteiger partial charge on any atom is -0.368 e. The Kier molecular flexibility index (Phi) is 3.13. The van der Waals surface area contributed by atoms with Crippen molar-refractivity contribution in [3.8, 4) is 22.5 Å². The minimum absolute atomic E-state index is 0.0594. The van der Waals surface area contributed by atoms with Gasteiger partial charge in [0.05, 0.1) is 0 Å². The highest BCUT2D eigenvalue weighted by Crippen LogP contribution is 2.28. The molecule has 0 aliphatic heterocycles. The molecule has 0 aliphatic rings. The summed E-state index contributed by atoms with van der Waals surface area (Å²) in [6, 6.07) is 18.2. The van der Waals surface area contributed by atoms with E-state index in [-0.39, 0.29) is 17.3 Å². The second-order valence-electron chi connectivity index (χ2n) is 4.33. The van der Waals surface area contributed by atoms with Gasteiger partial charge in [-0.2, -0.15) is 0 Å². The number of hydrogen-bond acceptors (Lipinski definition) is 3. The van der Waals surface area contributed by atoms with E-state index < -0.39 is 5.82 Å². The molecule has 0 radical (unpaired) electrons. The Bertz CT molecular complexity index is 667. The predicted molar refractivity (Wildman–Crippen MR) is 77.3 cm³/mol. The molecule has 98 valence electrons. The van der Waals surface area contributed by atoms with Gasteiger partial charge in [-0.3, -0.25) is 0 Å². The van der Waals surface area contributed by atoms with E-state index in [1.807, 2.05) is 36.4 Å². The van der Waals surface area contributed by atoms with Crippen LogP contribution in [0.4, 0.5) is 10.3 Å². The zero-order valence-corrected chi connectivity index (χ0v) is 10.6. The summed E-state index contributed by atoms with van der Waals surface area (Å²) < 4.78 is 14.6. The summed E-state index contributed by atoms with van der Waals surface area (Å²) in [7, 11) is 0. The normalized spacial score (nSPS) is 10.4. The summed E-state index contributed by atoms with van der Waals surface area (Å²) in [5.41, 5.74) is 7.51. The van der Waals surface area contributed by atoms with Gasteiger partial charge in [0.1, 0.15) is 11.4 Å². The molecule has 0 amide bonds. The number of hydrogen-bond donors (Lipinski definition) is 1. The second-order valence-corrected chi connectivity index (χ2v) is 4.33. The van der Waals surface area contributed by atoms with Gasteiger partial charge in [0.15, 0.2) is 5.82 Å². The van der Waals surface area contributed by atoms with E-state index in [2.05, 4.69) is 9.97 Å². The van der Waals surface area contributed by atoms with Crippen LogP contribution >= 0.6 is 0 Å². The van der Waals surface area contributed by atoms with Crippen LogP contribution < -0.4 is 5.73 Å². The molecule has 0 aliphatic carbocycles. The van der Waals surface area contributed by atoms with E-state index in [1.165, 1.54) is 0 Å². The quantitative estimate of drug-likeness (QED) is 0.771. The van der Waals surface area contributed by atoms with Gasteiger partial charge in [-0.15, -0.1) is 0 Å². The average molecular weight is 265 g/mol. The van der Waals surface area contributed by atoms with Crippen molar-refractivity contribution in [2.75, 3.05) is 5.73 Å². The fourth-order valence-corrected chi connectivity index (χ4v) is 2.04. The van der Waals surface area contributed by atoms with Gasteiger partial charge >= 0.3 is 0 Å². The van der Waals surface area contributed by atoms with E-state index in [1.54, 1.807) is 24.3 Å². The topological polar surface area (TPSA) is 51.8 Å². The molecule has 1 aromatic heterocycles. The van der Waals surface area contributed by atoms with Crippen LogP contribution in [0.3, 0.4) is 0 Å². The van der Waals surface area contributed by atoms with Crippen LogP contribution in [0.25, 0.3) is 22.5 Å². The van der Waals surface area contributed by atoms with Crippen LogP contribution in [0, 0.1) is 5.82 Å². The lowest BCUT2D eigenvalue weighted by molar-refractivity contribution is 0.623. The number of anilines is 1. The Morgan fingerprint density at radius 1 is 0.700 bits per heavy atom. The van der Waals surface area contributed by atoms with Crippen molar-refractivity contribution >= 4 is 5.95 Å². The molecule has 0 saturated heterocycles. The fraction of sp³-hybridized carbons (Fsp3) is 0. The lowest BCUT2D eigenvalue weighted by Gasteiger charge is -2.08. The molecule has 0 unspecified atom stereocenters. The Labute approximate surface area is 115 Å². The van der Waals surface area contributed by atoms with Crippen molar-refractivity contribution < 1.29 is 4.39 Å². The van der Waals surface area contributed by atoms with Crippen molar-refractivity contribution in [1.29, 1.82) is 0 Å². The summed E-state index contributed by atoms with van der Waals surface area (Å²) in [4.78, 5) is 8.04. The molecule has 0 saturated carbocycles. The molecular formula is C16H12FN3. The fourth-order valence-electron chi connectivity index (χ4n) is 2.04. The highest BCUT2D eigenvalue weighted by molar-refractivity contribution is 5.70. The van der Waals surface area contributed by atoms with Gasteiger partial charge < -0.3 is 5.73 Å². The maximum absolute atomic E-state index is 14.6. The van der Waals surface area contributed by atoms with Crippen LogP contribution in [0.15, 0.2) is 60.7 Å². The Hall–Kier alpha value is -2.75. The molecule has 0 atom stereocenters. The van der Waals surface area contributed by atoms with Gasteiger partial charge in [-0.05, 0) is 0 Å². The summed E-state index contributed by atoms with van der Waals surface area (Å²) in [5.74, 6) is -0.402. The maximum atomic E-state index is 14.6. The summed E-state index contributed by atoms with van der Waals surface area (Å²) in [6.45, 7) is 0. The minimum atomic E-state index is -0.461. The van der Waals surface area contributed by atoms with Crippen LogP contribution in [0.5, 0.6) is 0 Å². The first kappa shape index (κ1) is 12.3. The Morgan fingerprint density at radius 3 is 1.50 bits per heavy atom. The van der Waals surface area contributed by atoms with Crippen molar-refractivity contribution in [3.05, 3.63) is 66.5 Å². The zero-order valence-electron chi connectivity index (χ0n) is 10.6. The largest absolute Gasteiger partial charge is 0.368 e. The number of halogens is 1. The molecule has 4 heteroatoms. The van der Waals surface area contributed by atoms with E-state index in [0.717, 1.165) is 0 Å². The summed E-state index contributed by atoms with van der Waals surface area (Å²) >= 11 is 0. The van der Waals surface area contributed by atoms with Gasteiger partial charge in [0, 0.05) is 11.1 Å². The first-order chi connectivity index (χ1) is 9.75. The second kappa shape index (κ2) is 5.09. The van der Waals surface area contributed by atoms with Crippen molar-refractivity contribution in [2.24, 2.45) is 0 Å². The molecule has 1 heterocycles. The summed E-state index contributed by atoms with van der Waals surface area (Å²) in [6.07, 6.45) is 0. The number of nitrogens with zero attached hydrogens (tertiary/aromatic N) is 2. The zero-order chi connectivity index (χ0) is 13.9. The molecule has 0 spiro atoms. The average Bonchev–Trinajstić information content (AvgIpc) is 2.51.